The fourth-order valence-electron chi connectivity index (χ4n) is 5.19. The maximum absolute atomic E-state index is 6.08. The number of rotatable bonds is 4. The Morgan fingerprint density at radius 1 is 1.09 bits per heavy atom. The summed E-state index contributed by atoms with van der Waals surface area (Å²) >= 11 is 0. The summed E-state index contributed by atoms with van der Waals surface area (Å²) in [7, 11) is 1.92. The molecule has 6 rings (SSSR count). The first kappa shape index (κ1) is 22.2. The Kier molecular flexibility index (Phi) is 5.53. The summed E-state index contributed by atoms with van der Waals surface area (Å²) in [6.07, 6.45) is 4.94. The second-order valence-corrected chi connectivity index (χ2v) is 9.50. The second-order valence-electron chi connectivity index (χ2n) is 9.50. The number of aromatic nitrogens is 8. The van der Waals surface area contributed by atoms with E-state index in [0.717, 1.165) is 77.9 Å². The summed E-state index contributed by atoms with van der Waals surface area (Å²) in [5, 5.41) is 18.4. The van der Waals surface area contributed by atoms with Crippen LogP contribution in [0.1, 0.15) is 43.8 Å². The Morgan fingerprint density at radius 3 is 2.71 bits per heavy atom. The highest BCUT2D eigenvalue weighted by Gasteiger charge is 2.27. The van der Waals surface area contributed by atoms with Gasteiger partial charge in [0.2, 0.25) is 0 Å². The Labute approximate surface area is 203 Å². The van der Waals surface area contributed by atoms with Crippen LogP contribution in [-0.2, 0) is 16.5 Å². The van der Waals surface area contributed by atoms with Gasteiger partial charge in [0.25, 0.3) is 0 Å². The third-order valence-electron chi connectivity index (χ3n) is 6.92. The summed E-state index contributed by atoms with van der Waals surface area (Å²) < 4.78 is 17.5. The summed E-state index contributed by atoms with van der Waals surface area (Å²) in [4.78, 5) is 7.15. The lowest BCUT2D eigenvalue weighted by Gasteiger charge is -2.34. The van der Waals surface area contributed by atoms with Crippen molar-refractivity contribution in [3.8, 4) is 22.8 Å². The van der Waals surface area contributed by atoms with Gasteiger partial charge in [-0.1, -0.05) is 5.21 Å². The normalized spacial score (nSPS) is 21.2. The molecule has 0 radical (unpaired) electrons. The van der Waals surface area contributed by atoms with Gasteiger partial charge < -0.3 is 14.4 Å². The van der Waals surface area contributed by atoms with Gasteiger partial charge in [-0.15, -0.1) is 10.2 Å². The topological polar surface area (TPSA) is 100 Å². The molecule has 11 nitrogen and oxygen atoms in total. The molecule has 0 aromatic carbocycles. The smallest absolute Gasteiger partial charge is 0.179 e. The number of hydrogen-bond acceptors (Lipinski definition) is 8. The molecule has 184 valence electrons. The van der Waals surface area contributed by atoms with Crippen LogP contribution in [0.25, 0.3) is 28.3 Å². The third-order valence-corrected chi connectivity index (χ3v) is 6.92. The van der Waals surface area contributed by atoms with Gasteiger partial charge in [0, 0.05) is 25.8 Å². The molecule has 6 heterocycles. The number of nitrogens with zero attached hydrogens (tertiary/aromatic N) is 9. The van der Waals surface area contributed by atoms with Gasteiger partial charge >= 0.3 is 0 Å². The highest BCUT2D eigenvalue weighted by atomic mass is 16.5. The van der Waals surface area contributed by atoms with E-state index in [2.05, 4.69) is 34.3 Å². The maximum Gasteiger partial charge on any atom is 0.179 e. The Hall–Kier alpha value is -3.31. The predicted molar refractivity (Wildman–Crippen MR) is 130 cm³/mol. The summed E-state index contributed by atoms with van der Waals surface area (Å²) in [6, 6.07) is 4.40. The Bertz CT molecular complexity index is 1350. The first-order valence-electron chi connectivity index (χ1n) is 12.3. The maximum atomic E-state index is 6.08. The van der Waals surface area contributed by atoms with E-state index in [0.29, 0.717) is 13.2 Å². The van der Waals surface area contributed by atoms with E-state index in [9.17, 15) is 0 Å². The molecule has 2 fully saturated rings. The van der Waals surface area contributed by atoms with Crippen LogP contribution >= 0.6 is 0 Å². The molecular weight excluding hydrogens is 446 g/mol. The Morgan fingerprint density at radius 2 is 1.97 bits per heavy atom. The van der Waals surface area contributed by atoms with Crippen LogP contribution in [0.15, 0.2) is 18.3 Å². The summed E-state index contributed by atoms with van der Waals surface area (Å²) in [5.41, 5.74) is 5.53. The fourth-order valence-corrected chi connectivity index (χ4v) is 5.19. The minimum atomic E-state index is -0.0924. The molecule has 0 bridgehead atoms. The lowest BCUT2D eigenvalue weighted by atomic mass is 10.1. The van der Waals surface area contributed by atoms with Crippen LogP contribution in [0.2, 0.25) is 0 Å². The van der Waals surface area contributed by atoms with Gasteiger partial charge in [0.1, 0.15) is 5.69 Å². The van der Waals surface area contributed by atoms with E-state index >= 15 is 0 Å². The molecule has 0 amide bonds. The van der Waals surface area contributed by atoms with Crippen molar-refractivity contribution in [3.63, 3.8) is 0 Å². The van der Waals surface area contributed by atoms with Crippen molar-refractivity contribution in [1.29, 1.82) is 0 Å². The molecule has 0 aliphatic carbocycles. The van der Waals surface area contributed by atoms with E-state index in [1.54, 1.807) is 0 Å². The molecule has 2 saturated heterocycles. The highest BCUT2D eigenvalue weighted by molar-refractivity contribution is 5.82. The lowest BCUT2D eigenvalue weighted by Crippen LogP contribution is -2.44. The summed E-state index contributed by atoms with van der Waals surface area (Å²) in [6.45, 7) is 9.01. The molecule has 11 heteroatoms. The van der Waals surface area contributed by atoms with Gasteiger partial charge in [-0.05, 0) is 52.2 Å². The molecule has 4 aromatic heterocycles. The molecule has 1 unspecified atom stereocenters. The van der Waals surface area contributed by atoms with Crippen molar-refractivity contribution in [2.45, 2.75) is 52.3 Å². The van der Waals surface area contributed by atoms with Gasteiger partial charge in [0.15, 0.2) is 17.9 Å². The Balaban J connectivity index is 1.57. The van der Waals surface area contributed by atoms with Crippen LogP contribution < -0.4 is 4.90 Å². The number of ether oxygens (including phenoxy) is 2. The number of morpholine rings is 1. The van der Waals surface area contributed by atoms with Crippen LogP contribution in [0, 0.1) is 13.8 Å². The molecular formula is C24H31N9O2. The van der Waals surface area contributed by atoms with Gasteiger partial charge in [0.05, 0.1) is 48.1 Å². The van der Waals surface area contributed by atoms with Crippen LogP contribution in [-0.4, -0.2) is 71.8 Å². The average molecular weight is 478 g/mol. The fraction of sp³-hybridized carbons (Fsp3) is 0.542. The number of hydrogen-bond donors (Lipinski definition) is 0. The monoisotopic (exact) mass is 477 g/mol. The molecule has 4 aromatic rings. The zero-order valence-corrected chi connectivity index (χ0v) is 20.7. The number of aryl methyl sites for hydroxylation is 3. The number of anilines is 1. The SMILES string of the molecule is Cc1cc(-c2ncc3c(-c4c(C)nnn4C)cc(N4CCOC[C@H]4C)nn23)n(C2CCCCO2)n1. The number of fused-ring (bicyclic) bond motifs is 1. The molecule has 2 aliphatic rings. The van der Waals surface area contributed by atoms with Crippen molar-refractivity contribution < 1.29 is 9.47 Å². The molecule has 0 saturated carbocycles. The van der Waals surface area contributed by atoms with Gasteiger partial charge in [-0.3, -0.25) is 0 Å². The van der Waals surface area contributed by atoms with E-state index < -0.39 is 0 Å². The molecule has 0 N–H and O–H groups in total. The van der Waals surface area contributed by atoms with Crippen molar-refractivity contribution in [1.82, 2.24) is 39.4 Å². The van der Waals surface area contributed by atoms with E-state index in [1.165, 1.54) is 0 Å². The third kappa shape index (κ3) is 3.79. The zero-order valence-electron chi connectivity index (χ0n) is 20.7. The van der Waals surface area contributed by atoms with E-state index in [1.807, 2.05) is 41.0 Å². The predicted octanol–water partition coefficient (Wildman–Crippen LogP) is 2.93. The highest BCUT2D eigenvalue weighted by Crippen LogP contribution is 2.34. The lowest BCUT2D eigenvalue weighted by molar-refractivity contribution is -0.0386. The van der Waals surface area contributed by atoms with Gasteiger partial charge in [-0.2, -0.15) is 5.10 Å². The zero-order chi connectivity index (χ0) is 24.1. The van der Waals surface area contributed by atoms with Crippen molar-refractivity contribution >= 4 is 11.3 Å². The molecule has 35 heavy (non-hydrogen) atoms. The molecule has 0 spiro atoms. The first-order valence-corrected chi connectivity index (χ1v) is 12.3. The van der Waals surface area contributed by atoms with Gasteiger partial charge in [-0.25, -0.2) is 18.9 Å². The van der Waals surface area contributed by atoms with Crippen LogP contribution in [0.3, 0.4) is 0 Å². The van der Waals surface area contributed by atoms with E-state index in [-0.39, 0.29) is 12.3 Å². The van der Waals surface area contributed by atoms with Crippen molar-refractivity contribution in [2.24, 2.45) is 7.05 Å². The number of imidazole rings is 1. The van der Waals surface area contributed by atoms with Crippen LogP contribution in [0.4, 0.5) is 5.82 Å². The largest absolute Gasteiger partial charge is 0.377 e. The summed E-state index contributed by atoms with van der Waals surface area (Å²) in [5.74, 6) is 1.62. The quantitative estimate of drug-likeness (QED) is 0.442. The minimum Gasteiger partial charge on any atom is -0.377 e. The first-order chi connectivity index (χ1) is 17.0. The second kappa shape index (κ2) is 8.72. The minimum absolute atomic E-state index is 0.0924. The van der Waals surface area contributed by atoms with Crippen molar-refractivity contribution in [2.75, 3.05) is 31.3 Å². The van der Waals surface area contributed by atoms with E-state index in [4.69, 9.17) is 24.7 Å². The average Bonchev–Trinajstić information content (AvgIpc) is 3.55. The van der Waals surface area contributed by atoms with Crippen LogP contribution in [0.5, 0.6) is 0 Å². The van der Waals surface area contributed by atoms with Crippen molar-refractivity contribution in [3.05, 3.63) is 29.7 Å². The molecule has 2 atom stereocenters. The molecule has 2 aliphatic heterocycles. The standard InChI is InChI=1S/C24H31N9O2/c1-15-11-19(32(27-15)22-7-5-6-9-35-22)24-25-13-20-18(23-17(3)26-29-30(23)4)12-21(28-33(20)24)31-8-10-34-14-16(31)2/h11-13,16,22H,5-10,14H2,1-4H3/t16-,22?/m1/s1.